The highest BCUT2D eigenvalue weighted by Gasteiger charge is 2.18. The van der Waals surface area contributed by atoms with Gasteiger partial charge in [0.2, 0.25) is 5.75 Å². The van der Waals surface area contributed by atoms with Gasteiger partial charge in [-0.2, -0.15) is 0 Å². The van der Waals surface area contributed by atoms with E-state index in [1.54, 1.807) is 6.07 Å². The van der Waals surface area contributed by atoms with Crippen LogP contribution in [0.1, 0.15) is 104 Å². The number of aromatic hydroxyl groups is 3. The summed E-state index contributed by atoms with van der Waals surface area (Å²) in [7, 11) is 0. The molecule has 0 aliphatic heterocycles. The van der Waals surface area contributed by atoms with E-state index in [0.29, 0.717) is 10.8 Å². The highest BCUT2D eigenvalue weighted by Crippen LogP contribution is 2.41. The summed E-state index contributed by atoms with van der Waals surface area (Å²) < 4.78 is 0. The Labute approximate surface area is 166 Å². The molecule has 27 heavy (non-hydrogen) atoms. The lowest BCUT2D eigenvalue weighted by molar-refractivity contribution is 0.309. The van der Waals surface area contributed by atoms with E-state index in [-0.39, 0.29) is 17.2 Å². The molecule has 0 saturated heterocycles. The minimum atomic E-state index is -0.379. The normalized spacial score (nSPS) is 12.5. The van der Waals surface area contributed by atoms with Crippen LogP contribution in [0.25, 0.3) is 0 Å². The average Bonchev–Trinajstić information content (AvgIpc) is 2.57. The first kappa shape index (κ1) is 23.7. The highest BCUT2D eigenvalue weighted by molar-refractivity contribution is 5.57. The molecule has 3 heteroatoms. The lowest BCUT2D eigenvalue weighted by Gasteiger charge is -2.22. The summed E-state index contributed by atoms with van der Waals surface area (Å²) in [4.78, 5) is 0. The number of phenols is 3. The number of hydrogen-bond acceptors (Lipinski definition) is 3. The Morgan fingerprint density at radius 2 is 1.33 bits per heavy atom. The monoisotopic (exact) mass is 378 g/mol. The Hall–Kier alpha value is -1.38. The zero-order valence-corrected chi connectivity index (χ0v) is 18.5. The van der Waals surface area contributed by atoms with Gasteiger partial charge in [-0.25, -0.2) is 0 Å². The fraction of sp³-hybridized carbons (Fsp3) is 0.750. The Morgan fingerprint density at radius 3 is 1.93 bits per heavy atom. The van der Waals surface area contributed by atoms with Crippen molar-refractivity contribution < 1.29 is 15.3 Å². The first-order chi connectivity index (χ1) is 12.5. The molecule has 0 radical (unpaired) electrons. The molecule has 0 fully saturated rings. The van der Waals surface area contributed by atoms with Crippen LogP contribution in [-0.4, -0.2) is 15.3 Å². The molecule has 1 aromatic rings. The average molecular weight is 379 g/mol. The molecule has 0 saturated carbocycles. The Morgan fingerprint density at radius 1 is 0.741 bits per heavy atom. The lowest BCUT2D eigenvalue weighted by atomic mass is 9.84. The maximum Gasteiger partial charge on any atom is 0.200 e. The molecule has 0 atom stereocenters. The maximum absolute atomic E-state index is 10.4. The Balaban J connectivity index is 2.68. The van der Waals surface area contributed by atoms with Crippen LogP contribution in [0.5, 0.6) is 17.2 Å². The molecule has 3 nitrogen and oxygen atoms in total. The second kappa shape index (κ2) is 10.2. The fourth-order valence-electron chi connectivity index (χ4n) is 3.47. The molecule has 0 spiro atoms. The van der Waals surface area contributed by atoms with Crippen LogP contribution in [-0.2, 0) is 12.8 Å². The number of benzene rings is 1. The summed E-state index contributed by atoms with van der Waals surface area (Å²) in [6.45, 7) is 13.6. The minimum absolute atomic E-state index is 0.130. The van der Waals surface area contributed by atoms with Gasteiger partial charge in [-0.05, 0) is 61.0 Å². The van der Waals surface area contributed by atoms with Crippen molar-refractivity contribution in [3.63, 3.8) is 0 Å². The van der Waals surface area contributed by atoms with E-state index in [2.05, 4.69) is 41.5 Å². The smallest absolute Gasteiger partial charge is 0.200 e. The maximum atomic E-state index is 10.4. The second-order valence-corrected chi connectivity index (χ2v) is 10.1. The number of rotatable bonds is 11. The largest absolute Gasteiger partial charge is 0.504 e. The molecule has 0 aliphatic rings. The molecule has 0 aliphatic carbocycles. The van der Waals surface area contributed by atoms with Crippen LogP contribution in [0.2, 0.25) is 0 Å². The number of phenolic OH excluding ortho intramolecular Hbond substituents is 3. The van der Waals surface area contributed by atoms with E-state index < -0.39 is 0 Å². The van der Waals surface area contributed by atoms with Gasteiger partial charge in [-0.3, -0.25) is 0 Å². The first-order valence-corrected chi connectivity index (χ1v) is 10.7. The predicted molar refractivity (Wildman–Crippen MR) is 115 cm³/mol. The third-order valence-electron chi connectivity index (χ3n) is 5.81. The lowest BCUT2D eigenvalue weighted by Crippen LogP contribution is -2.09. The van der Waals surface area contributed by atoms with Crippen molar-refractivity contribution >= 4 is 0 Å². The molecule has 0 heterocycles. The van der Waals surface area contributed by atoms with Crippen molar-refractivity contribution in [2.24, 2.45) is 10.8 Å². The molecule has 0 bridgehead atoms. The van der Waals surface area contributed by atoms with Crippen LogP contribution >= 0.6 is 0 Å². The Kier molecular flexibility index (Phi) is 8.98. The molecule has 1 aromatic carbocycles. The first-order valence-electron chi connectivity index (χ1n) is 10.7. The molecular weight excluding hydrogens is 336 g/mol. The second-order valence-electron chi connectivity index (χ2n) is 10.1. The summed E-state index contributed by atoms with van der Waals surface area (Å²) in [5.74, 6) is -0.724. The molecule has 0 aromatic heterocycles. The van der Waals surface area contributed by atoms with E-state index in [9.17, 15) is 15.3 Å². The van der Waals surface area contributed by atoms with Crippen LogP contribution in [0.4, 0.5) is 0 Å². The van der Waals surface area contributed by atoms with Crippen LogP contribution in [0, 0.1) is 10.8 Å². The fourth-order valence-corrected chi connectivity index (χ4v) is 3.47. The van der Waals surface area contributed by atoms with Crippen LogP contribution < -0.4 is 0 Å². The standard InChI is InChI=1S/C24H42O3/c1-7-24(5,6)16-12-10-14-19-18(17-20(25)22(27)21(19)26)13-9-8-11-15-23(2,3)4/h17,25-27H,7-16H2,1-6H3. The SMILES string of the molecule is CCC(C)(C)CCCCc1c(CCCCCC(C)(C)C)cc(O)c(O)c1O. The van der Waals surface area contributed by atoms with E-state index in [4.69, 9.17) is 0 Å². The molecule has 0 unspecified atom stereocenters. The van der Waals surface area contributed by atoms with Crippen molar-refractivity contribution in [2.45, 2.75) is 106 Å². The van der Waals surface area contributed by atoms with Crippen LogP contribution in [0.15, 0.2) is 6.07 Å². The zero-order valence-electron chi connectivity index (χ0n) is 18.5. The number of hydrogen-bond donors (Lipinski definition) is 3. The van der Waals surface area contributed by atoms with Gasteiger partial charge in [0, 0.05) is 5.56 Å². The van der Waals surface area contributed by atoms with Crippen molar-refractivity contribution in [1.29, 1.82) is 0 Å². The van der Waals surface area contributed by atoms with E-state index in [1.807, 2.05) is 0 Å². The highest BCUT2D eigenvalue weighted by atomic mass is 16.3. The quantitative estimate of drug-likeness (QED) is 0.284. The molecule has 3 N–H and O–H groups in total. The number of unbranched alkanes of at least 4 members (excludes halogenated alkanes) is 3. The molecular formula is C24H42O3. The topological polar surface area (TPSA) is 60.7 Å². The van der Waals surface area contributed by atoms with E-state index >= 15 is 0 Å². The van der Waals surface area contributed by atoms with Crippen LogP contribution in [0.3, 0.4) is 0 Å². The van der Waals surface area contributed by atoms with Crippen molar-refractivity contribution in [3.05, 3.63) is 17.2 Å². The summed E-state index contributed by atoms with van der Waals surface area (Å²) in [6, 6.07) is 1.64. The van der Waals surface area contributed by atoms with Gasteiger partial charge in [0.15, 0.2) is 11.5 Å². The summed E-state index contributed by atoms with van der Waals surface area (Å²) in [5, 5.41) is 30.2. The van der Waals surface area contributed by atoms with Gasteiger partial charge < -0.3 is 15.3 Å². The minimum Gasteiger partial charge on any atom is -0.504 e. The predicted octanol–water partition coefficient (Wildman–Crippen LogP) is 7.10. The summed E-state index contributed by atoms with van der Waals surface area (Å²) in [6.07, 6.45) is 10.6. The molecule has 0 amide bonds. The summed E-state index contributed by atoms with van der Waals surface area (Å²) >= 11 is 0. The number of aryl methyl sites for hydroxylation is 1. The summed E-state index contributed by atoms with van der Waals surface area (Å²) in [5.41, 5.74) is 2.52. The van der Waals surface area contributed by atoms with E-state index in [0.717, 1.165) is 62.5 Å². The van der Waals surface area contributed by atoms with Crippen molar-refractivity contribution in [2.75, 3.05) is 0 Å². The third kappa shape index (κ3) is 8.45. The van der Waals surface area contributed by atoms with Gasteiger partial charge in [-0.1, -0.05) is 67.2 Å². The van der Waals surface area contributed by atoms with Crippen molar-refractivity contribution in [3.8, 4) is 17.2 Å². The van der Waals surface area contributed by atoms with Gasteiger partial charge in [0.25, 0.3) is 0 Å². The Bertz CT molecular complexity index is 582. The third-order valence-corrected chi connectivity index (χ3v) is 5.81. The van der Waals surface area contributed by atoms with Gasteiger partial charge in [-0.15, -0.1) is 0 Å². The molecule has 156 valence electrons. The van der Waals surface area contributed by atoms with Gasteiger partial charge in [0.05, 0.1) is 0 Å². The van der Waals surface area contributed by atoms with Gasteiger partial charge >= 0.3 is 0 Å². The van der Waals surface area contributed by atoms with E-state index in [1.165, 1.54) is 12.8 Å². The van der Waals surface area contributed by atoms with Crippen molar-refractivity contribution in [1.82, 2.24) is 0 Å². The molecule has 1 rings (SSSR count). The zero-order chi connectivity index (χ0) is 20.7. The van der Waals surface area contributed by atoms with Gasteiger partial charge in [0.1, 0.15) is 0 Å².